The van der Waals surface area contributed by atoms with Gasteiger partial charge in [-0.3, -0.25) is 9.97 Å². The van der Waals surface area contributed by atoms with Crippen LogP contribution in [0.4, 0.5) is 17.1 Å². The minimum absolute atomic E-state index is 0.664. The summed E-state index contributed by atoms with van der Waals surface area (Å²) in [6.07, 6.45) is 9.29. The lowest BCUT2D eigenvalue weighted by Gasteiger charge is -2.26. The lowest BCUT2D eigenvalue weighted by Crippen LogP contribution is -2.09. The van der Waals surface area contributed by atoms with Crippen molar-refractivity contribution >= 4 is 71.4 Å². The molecule has 0 atom stereocenters. The molecule has 262 valence electrons. The van der Waals surface area contributed by atoms with Gasteiger partial charge in [-0.1, -0.05) is 72.8 Å². The molecule has 0 fully saturated rings. The van der Waals surface area contributed by atoms with Crippen LogP contribution in [0, 0.1) is 0 Å². The molecule has 0 spiro atoms. The van der Waals surface area contributed by atoms with E-state index < -0.39 is 0 Å². The second-order valence-corrected chi connectivity index (χ2v) is 14.2. The van der Waals surface area contributed by atoms with E-state index in [1.165, 1.54) is 16.2 Å². The van der Waals surface area contributed by atoms with Gasteiger partial charge in [0.2, 0.25) is 5.71 Å². The fourth-order valence-corrected chi connectivity index (χ4v) is 7.92. The molecule has 4 aromatic heterocycles. The fraction of sp³-hybridized carbons (Fsp3) is 0. The van der Waals surface area contributed by atoms with Crippen LogP contribution in [0.3, 0.4) is 0 Å². The number of fused-ring (bicyclic) bond motifs is 6. The monoisotopic (exact) mass is 716 g/mol. The molecule has 0 N–H and O–H groups in total. The summed E-state index contributed by atoms with van der Waals surface area (Å²) < 4.78 is 5.99. The molecule has 0 bridgehead atoms. The minimum Gasteiger partial charge on any atom is -0.438 e. The highest BCUT2D eigenvalue weighted by atomic mass is 16.3. The Kier molecular flexibility index (Phi) is 7.42. The van der Waals surface area contributed by atoms with Crippen molar-refractivity contribution in [2.24, 2.45) is 0 Å². The first-order chi connectivity index (χ1) is 27.7. The molecule has 0 aliphatic carbocycles. The van der Waals surface area contributed by atoms with E-state index in [9.17, 15) is 0 Å². The highest BCUT2D eigenvalue weighted by Gasteiger charge is 2.15. The Balaban J connectivity index is 0.974. The largest absolute Gasteiger partial charge is 0.438 e. The predicted octanol–water partition coefficient (Wildman–Crippen LogP) is 13.7. The Morgan fingerprint density at radius 1 is 0.357 bits per heavy atom. The topological polar surface area (TPSA) is 55.1 Å². The van der Waals surface area contributed by atoms with Gasteiger partial charge < -0.3 is 9.32 Å². The van der Waals surface area contributed by atoms with Crippen LogP contribution >= 0.6 is 0 Å². The summed E-state index contributed by atoms with van der Waals surface area (Å²) in [5.74, 6) is 0. The Hall–Kier alpha value is -7.63. The van der Waals surface area contributed by atoms with Crippen molar-refractivity contribution in [3.8, 4) is 33.4 Å². The summed E-state index contributed by atoms with van der Waals surface area (Å²) in [4.78, 5) is 15.4. The summed E-state index contributed by atoms with van der Waals surface area (Å²) >= 11 is 0. The molecule has 7 aromatic carbocycles. The molecule has 4 heterocycles. The molecule has 11 rings (SSSR count). The second-order valence-electron chi connectivity index (χ2n) is 14.2. The van der Waals surface area contributed by atoms with E-state index in [1.54, 1.807) is 6.20 Å². The van der Waals surface area contributed by atoms with Gasteiger partial charge in [0.15, 0.2) is 0 Å². The Morgan fingerprint density at radius 2 is 0.857 bits per heavy atom. The molecule has 5 heteroatoms. The molecule has 0 aliphatic heterocycles. The van der Waals surface area contributed by atoms with E-state index in [2.05, 4.69) is 159 Å². The molecule has 0 radical (unpaired) electrons. The van der Waals surface area contributed by atoms with Crippen molar-refractivity contribution in [2.45, 2.75) is 0 Å². The van der Waals surface area contributed by atoms with Crippen LogP contribution in [0.1, 0.15) is 0 Å². The maximum absolute atomic E-state index is 5.99. The third-order valence-electron chi connectivity index (χ3n) is 10.9. The molecule has 0 aliphatic rings. The number of nitrogens with zero attached hydrogens (tertiary/aromatic N) is 4. The average Bonchev–Trinajstić information content (AvgIpc) is 3.64. The van der Waals surface area contributed by atoms with Gasteiger partial charge in [-0.05, 0) is 146 Å². The van der Waals surface area contributed by atoms with E-state index in [4.69, 9.17) is 4.42 Å². The van der Waals surface area contributed by atoms with Crippen molar-refractivity contribution in [3.05, 3.63) is 195 Å². The van der Waals surface area contributed by atoms with Crippen LogP contribution in [-0.4, -0.2) is 15.0 Å². The van der Waals surface area contributed by atoms with E-state index in [-0.39, 0.29) is 0 Å². The smallest absolute Gasteiger partial charge is 0.227 e. The maximum atomic E-state index is 5.99. The maximum Gasteiger partial charge on any atom is 0.227 e. The molecule has 5 nitrogen and oxygen atoms in total. The van der Waals surface area contributed by atoms with Crippen molar-refractivity contribution in [2.75, 3.05) is 4.90 Å². The first kappa shape index (κ1) is 31.9. The van der Waals surface area contributed by atoms with Crippen molar-refractivity contribution in [3.63, 3.8) is 0 Å². The zero-order valence-electron chi connectivity index (χ0n) is 30.2. The van der Waals surface area contributed by atoms with Crippen LogP contribution in [0.25, 0.3) is 87.8 Å². The number of hydrogen-bond donors (Lipinski definition) is 0. The fourth-order valence-electron chi connectivity index (χ4n) is 7.92. The predicted molar refractivity (Wildman–Crippen MR) is 231 cm³/mol. The highest BCUT2D eigenvalue weighted by molar-refractivity contribution is 6.05. The highest BCUT2D eigenvalue weighted by Crippen LogP contribution is 2.39. The summed E-state index contributed by atoms with van der Waals surface area (Å²) in [6.45, 7) is 0. The molecule has 11 aromatic rings. The van der Waals surface area contributed by atoms with Gasteiger partial charge in [0.05, 0.1) is 0 Å². The van der Waals surface area contributed by atoms with Crippen LogP contribution in [-0.2, 0) is 0 Å². The minimum atomic E-state index is 0.664. The standard InChI is InChI=1S/C51H32N4O/c1-2-48-49-30-42(14-20-50(49)56-51(48)54-23-1)39-7-8-41-29-47(19-13-40(41)26-39)55(45-15-9-33(10-16-45)37-5-3-35-21-24-52-31-43(35)27-37)46-17-11-34(12-18-46)38-6-4-36-22-25-53-32-44(36)28-38/h1-32H. The van der Waals surface area contributed by atoms with E-state index in [0.717, 1.165) is 83.0 Å². The number of furan rings is 1. The summed E-state index contributed by atoms with van der Waals surface area (Å²) in [6, 6.07) is 58.7. The molecule has 56 heavy (non-hydrogen) atoms. The SMILES string of the molecule is c1cnc2oc3ccc(-c4ccc5cc(N(c6ccc(-c7ccc8ccncc8c7)cc6)c6ccc(-c7ccc8ccncc8c7)cc6)ccc5c4)cc3c2c1. The average molecular weight is 717 g/mol. The lowest BCUT2D eigenvalue weighted by molar-refractivity contribution is 0.654. The first-order valence-electron chi connectivity index (χ1n) is 18.7. The number of pyridine rings is 3. The Labute approximate surface area is 322 Å². The van der Waals surface area contributed by atoms with Crippen LogP contribution in [0.15, 0.2) is 199 Å². The van der Waals surface area contributed by atoms with Gasteiger partial charge >= 0.3 is 0 Å². The third-order valence-corrected chi connectivity index (χ3v) is 10.9. The molecule has 0 amide bonds. The van der Waals surface area contributed by atoms with Gasteiger partial charge in [0.1, 0.15) is 5.58 Å². The summed E-state index contributed by atoms with van der Waals surface area (Å²) in [5.41, 5.74) is 11.7. The van der Waals surface area contributed by atoms with Gasteiger partial charge in [0.25, 0.3) is 0 Å². The molecule has 0 saturated carbocycles. The van der Waals surface area contributed by atoms with Gasteiger partial charge in [-0.25, -0.2) is 4.98 Å². The quantitative estimate of drug-likeness (QED) is 0.171. The first-order valence-corrected chi connectivity index (χ1v) is 18.7. The van der Waals surface area contributed by atoms with Crippen LogP contribution in [0.2, 0.25) is 0 Å². The number of aromatic nitrogens is 3. The van der Waals surface area contributed by atoms with Crippen molar-refractivity contribution in [1.29, 1.82) is 0 Å². The molecule has 0 saturated heterocycles. The number of anilines is 3. The second kappa shape index (κ2) is 13.0. The van der Waals surface area contributed by atoms with Gasteiger partial charge in [-0.2, -0.15) is 0 Å². The number of rotatable bonds is 6. The third kappa shape index (κ3) is 5.62. The zero-order valence-corrected chi connectivity index (χ0v) is 30.2. The summed E-state index contributed by atoms with van der Waals surface area (Å²) in [5, 5.41) is 9.07. The normalized spacial score (nSPS) is 11.6. The Morgan fingerprint density at radius 3 is 1.52 bits per heavy atom. The molecular weight excluding hydrogens is 685 g/mol. The number of benzene rings is 7. The zero-order chi connectivity index (χ0) is 37.0. The van der Waals surface area contributed by atoms with Gasteiger partial charge in [-0.15, -0.1) is 0 Å². The van der Waals surface area contributed by atoms with Crippen LogP contribution < -0.4 is 4.90 Å². The van der Waals surface area contributed by atoms with Crippen molar-refractivity contribution < 1.29 is 4.42 Å². The van der Waals surface area contributed by atoms with Crippen LogP contribution in [0.5, 0.6) is 0 Å². The van der Waals surface area contributed by atoms with E-state index in [1.807, 2.05) is 49.1 Å². The number of hydrogen-bond acceptors (Lipinski definition) is 5. The summed E-state index contributed by atoms with van der Waals surface area (Å²) in [7, 11) is 0. The lowest BCUT2D eigenvalue weighted by atomic mass is 9.99. The van der Waals surface area contributed by atoms with E-state index >= 15 is 0 Å². The van der Waals surface area contributed by atoms with Gasteiger partial charge in [0, 0.05) is 69.6 Å². The Bertz CT molecular complexity index is 3140. The van der Waals surface area contributed by atoms with Crippen molar-refractivity contribution in [1.82, 2.24) is 15.0 Å². The molecule has 0 unspecified atom stereocenters. The van der Waals surface area contributed by atoms with E-state index in [0.29, 0.717) is 5.71 Å². The molecular formula is C51H32N4O.